The predicted octanol–water partition coefficient (Wildman–Crippen LogP) is 2.32. The zero-order chi connectivity index (χ0) is 13.9. The summed E-state index contributed by atoms with van der Waals surface area (Å²) in [6.45, 7) is 2.10. The molecule has 0 fully saturated rings. The van der Waals surface area contributed by atoms with Crippen LogP contribution in [0.2, 0.25) is 0 Å². The molecule has 0 saturated carbocycles. The van der Waals surface area contributed by atoms with Crippen molar-refractivity contribution in [2.75, 3.05) is 0 Å². The molecule has 0 spiro atoms. The van der Waals surface area contributed by atoms with Gasteiger partial charge >= 0.3 is 0 Å². The Morgan fingerprint density at radius 3 is 2.80 bits per heavy atom. The van der Waals surface area contributed by atoms with E-state index in [2.05, 4.69) is 52.2 Å². The summed E-state index contributed by atoms with van der Waals surface area (Å²) in [5, 5.41) is 2.04. The average molecular weight is 286 g/mol. The van der Waals surface area contributed by atoms with Gasteiger partial charge in [-0.1, -0.05) is 29.8 Å². The van der Waals surface area contributed by atoms with E-state index < -0.39 is 0 Å². The summed E-state index contributed by atoms with van der Waals surface area (Å²) in [6.07, 6.45) is 5.84. The van der Waals surface area contributed by atoms with Crippen LogP contribution in [0.5, 0.6) is 0 Å². The Kier molecular flexibility index (Phi) is 3.82. The van der Waals surface area contributed by atoms with Crippen molar-refractivity contribution in [3.05, 3.63) is 58.9 Å². The number of nitrogens with one attached hydrogen (secondary N) is 1. The van der Waals surface area contributed by atoms with E-state index >= 15 is 0 Å². The first-order chi connectivity index (χ1) is 9.74. The smallest absolute Gasteiger partial charge is 0.193 e. The van der Waals surface area contributed by atoms with E-state index in [-0.39, 0.29) is 6.04 Å². The van der Waals surface area contributed by atoms with Crippen molar-refractivity contribution >= 4 is 16.3 Å². The Morgan fingerprint density at radius 1 is 1.30 bits per heavy atom. The largest absolute Gasteiger partial charge is 0.297 e. The fourth-order valence-corrected chi connectivity index (χ4v) is 3.04. The van der Waals surface area contributed by atoms with E-state index in [1.54, 1.807) is 11.3 Å². The minimum absolute atomic E-state index is 0.197. The maximum absolute atomic E-state index is 5.69. The van der Waals surface area contributed by atoms with Crippen LogP contribution in [0.15, 0.2) is 42.0 Å². The van der Waals surface area contributed by atoms with E-state index in [0.717, 1.165) is 23.5 Å². The number of hydrogen-bond donors (Lipinski definition) is 2. The first-order valence-electron chi connectivity index (χ1n) is 6.67. The molecular formula is C15H18N4S. The number of fused-ring (bicyclic) bond motifs is 1. The van der Waals surface area contributed by atoms with Gasteiger partial charge in [-0.25, -0.2) is 4.98 Å². The van der Waals surface area contributed by atoms with Gasteiger partial charge in [-0.15, -0.1) is 11.3 Å². The van der Waals surface area contributed by atoms with Crippen molar-refractivity contribution in [2.45, 2.75) is 25.8 Å². The number of hydrazine groups is 1. The highest BCUT2D eigenvalue weighted by Crippen LogP contribution is 2.14. The summed E-state index contributed by atoms with van der Waals surface area (Å²) in [7, 11) is 0. The van der Waals surface area contributed by atoms with Crippen LogP contribution in [-0.2, 0) is 12.8 Å². The quantitative estimate of drug-likeness (QED) is 0.559. The first kappa shape index (κ1) is 13.3. The highest BCUT2D eigenvalue weighted by atomic mass is 32.1. The van der Waals surface area contributed by atoms with Crippen molar-refractivity contribution in [1.29, 1.82) is 0 Å². The molecule has 3 N–H and O–H groups in total. The van der Waals surface area contributed by atoms with Gasteiger partial charge < -0.3 is 0 Å². The molecule has 20 heavy (non-hydrogen) atoms. The topological polar surface area (TPSA) is 55.3 Å². The third-order valence-corrected chi connectivity index (χ3v) is 4.21. The molecule has 0 amide bonds. The zero-order valence-corrected chi connectivity index (χ0v) is 12.2. The van der Waals surface area contributed by atoms with Crippen LogP contribution in [0, 0.1) is 6.92 Å². The molecule has 0 bridgehead atoms. The Labute approximate surface area is 122 Å². The SMILES string of the molecule is Cc1ccc(CC(Cc2cn3ccsc3n2)NN)cc1. The normalized spacial score (nSPS) is 12.9. The second kappa shape index (κ2) is 5.75. The van der Waals surface area contributed by atoms with Crippen LogP contribution in [0.3, 0.4) is 0 Å². The maximum atomic E-state index is 5.69. The molecule has 4 nitrogen and oxygen atoms in total. The Bertz CT molecular complexity index is 655. The molecule has 2 heterocycles. The standard InChI is InChI=1S/C15H18N4S/c1-11-2-4-12(5-3-11)8-13(18-16)9-14-10-19-6-7-20-15(19)17-14/h2-7,10,13,18H,8-9,16H2,1H3. The maximum Gasteiger partial charge on any atom is 0.193 e. The van der Waals surface area contributed by atoms with Gasteiger partial charge in [0.25, 0.3) is 0 Å². The lowest BCUT2D eigenvalue weighted by atomic mass is 10.0. The molecule has 1 atom stereocenters. The fourth-order valence-electron chi connectivity index (χ4n) is 2.33. The summed E-state index contributed by atoms with van der Waals surface area (Å²) < 4.78 is 2.06. The molecule has 1 aromatic carbocycles. The van der Waals surface area contributed by atoms with Gasteiger partial charge in [0.15, 0.2) is 4.96 Å². The number of rotatable bonds is 5. The molecule has 2 aromatic heterocycles. The van der Waals surface area contributed by atoms with Gasteiger partial charge in [0.05, 0.1) is 5.69 Å². The minimum Gasteiger partial charge on any atom is -0.297 e. The predicted molar refractivity (Wildman–Crippen MR) is 82.8 cm³/mol. The van der Waals surface area contributed by atoms with Crippen LogP contribution in [0.4, 0.5) is 0 Å². The third kappa shape index (κ3) is 2.90. The average Bonchev–Trinajstić information content (AvgIpc) is 3.01. The second-order valence-corrected chi connectivity index (χ2v) is 5.96. The Morgan fingerprint density at radius 2 is 2.10 bits per heavy atom. The minimum atomic E-state index is 0.197. The van der Waals surface area contributed by atoms with Crippen molar-refractivity contribution in [3.8, 4) is 0 Å². The molecular weight excluding hydrogens is 268 g/mol. The molecule has 3 aromatic rings. The first-order valence-corrected chi connectivity index (χ1v) is 7.55. The number of nitrogens with two attached hydrogens (primary N) is 1. The summed E-state index contributed by atoms with van der Waals surface area (Å²) in [5.41, 5.74) is 6.55. The van der Waals surface area contributed by atoms with Crippen LogP contribution in [0.1, 0.15) is 16.8 Å². The molecule has 3 rings (SSSR count). The van der Waals surface area contributed by atoms with E-state index in [1.807, 2.05) is 11.6 Å². The van der Waals surface area contributed by atoms with Crippen LogP contribution in [0.25, 0.3) is 4.96 Å². The molecule has 0 aliphatic heterocycles. The molecule has 0 saturated heterocycles. The van der Waals surface area contributed by atoms with Crippen molar-refractivity contribution < 1.29 is 0 Å². The van der Waals surface area contributed by atoms with Gasteiger partial charge in [-0.2, -0.15) is 0 Å². The molecule has 0 radical (unpaired) electrons. The summed E-state index contributed by atoms with van der Waals surface area (Å²) in [4.78, 5) is 5.64. The van der Waals surface area contributed by atoms with Crippen LogP contribution >= 0.6 is 11.3 Å². The number of imidazole rings is 1. The van der Waals surface area contributed by atoms with Gasteiger partial charge in [0, 0.05) is 30.2 Å². The Balaban J connectivity index is 1.70. The second-order valence-electron chi connectivity index (χ2n) is 5.08. The number of nitrogens with zero attached hydrogens (tertiary/aromatic N) is 2. The highest BCUT2D eigenvalue weighted by Gasteiger charge is 2.12. The number of hydrogen-bond acceptors (Lipinski definition) is 4. The van der Waals surface area contributed by atoms with Gasteiger partial charge in [-0.3, -0.25) is 15.7 Å². The van der Waals surface area contributed by atoms with E-state index in [4.69, 9.17) is 5.84 Å². The number of benzene rings is 1. The van der Waals surface area contributed by atoms with Crippen molar-refractivity contribution in [3.63, 3.8) is 0 Å². The van der Waals surface area contributed by atoms with Crippen LogP contribution < -0.4 is 11.3 Å². The molecule has 0 aliphatic rings. The zero-order valence-electron chi connectivity index (χ0n) is 11.4. The molecule has 0 aliphatic carbocycles. The number of aromatic nitrogens is 2. The summed E-state index contributed by atoms with van der Waals surface area (Å²) in [6, 6.07) is 8.78. The number of thiazole rings is 1. The lowest BCUT2D eigenvalue weighted by Crippen LogP contribution is -2.38. The van der Waals surface area contributed by atoms with E-state index in [0.29, 0.717) is 0 Å². The fraction of sp³-hybridized carbons (Fsp3) is 0.267. The number of aryl methyl sites for hydroxylation is 1. The van der Waals surface area contributed by atoms with Gasteiger partial charge in [0.2, 0.25) is 0 Å². The van der Waals surface area contributed by atoms with Gasteiger partial charge in [0.1, 0.15) is 0 Å². The van der Waals surface area contributed by atoms with Crippen molar-refractivity contribution in [2.24, 2.45) is 5.84 Å². The molecule has 1 unspecified atom stereocenters. The third-order valence-electron chi connectivity index (χ3n) is 3.44. The van der Waals surface area contributed by atoms with E-state index in [9.17, 15) is 0 Å². The van der Waals surface area contributed by atoms with Gasteiger partial charge in [-0.05, 0) is 18.9 Å². The monoisotopic (exact) mass is 286 g/mol. The van der Waals surface area contributed by atoms with Crippen molar-refractivity contribution in [1.82, 2.24) is 14.8 Å². The summed E-state index contributed by atoms with van der Waals surface area (Å²) in [5.74, 6) is 5.69. The molecule has 104 valence electrons. The molecule has 5 heteroatoms. The highest BCUT2D eigenvalue weighted by molar-refractivity contribution is 7.15. The Hall–Kier alpha value is -1.69. The summed E-state index contributed by atoms with van der Waals surface area (Å²) >= 11 is 1.65. The lowest BCUT2D eigenvalue weighted by molar-refractivity contribution is 0.518. The van der Waals surface area contributed by atoms with Crippen LogP contribution in [-0.4, -0.2) is 15.4 Å². The lowest BCUT2D eigenvalue weighted by Gasteiger charge is -2.14. The van der Waals surface area contributed by atoms with E-state index in [1.165, 1.54) is 11.1 Å².